The van der Waals surface area contributed by atoms with Crippen molar-refractivity contribution in [1.82, 2.24) is 0 Å². The molecular weight excluding hydrogens is 240 g/mol. The van der Waals surface area contributed by atoms with Gasteiger partial charge in [0.2, 0.25) is 0 Å². The second kappa shape index (κ2) is 12.6. The van der Waals surface area contributed by atoms with Gasteiger partial charge in [-0.3, -0.25) is 0 Å². The van der Waals surface area contributed by atoms with Crippen molar-refractivity contribution in [3.63, 3.8) is 0 Å². The molecule has 0 aliphatic heterocycles. The van der Waals surface area contributed by atoms with Gasteiger partial charge in [-0.1, -0.05) is 45.1 Å². The number of ether oxygens (including phenoxy) is 1. The van der Waals surface area contributed by atoms with E-state index in [9.17, 15) is 0 Å². The molecule has 0 aliphatic carbocycles. The summed E-state index contributed by atoms with van der Waals surface area (Å²) in [5.41, 5.74) is -0.495. The normalized spacial score (nSPS) is 11.7. The van der Waals surface area contributed by atoms with Crippen LogP contribution in [0, 0.1) is 5.41 Å². The van der Waals surface area contributed by atoms with E-state index in [0.29, 0.717) is 6.61 Å². The maximum atomic E-state index is 9.10. The van der Waals surface area contributed by atoms with Crippen molar-refractivity contribution in [3.8, 4) is 0 Å². The van der Waals surface area contributed by atoms with E-state index in [1.54, 1.807) is 0 Å². The van der Waals surface area contributed by atoms with E-state index in [-0.39, 0.29) is 13.2 Å². The van der Waals surface area contributed by atoms with Crippen molar-refractivity contribution in [2.45, 2.75) is 58.3 Å². The number of rotatable bonds is 14. The first-order valence-corrected chi connectivity index (χ1v) is 7.59. The molecule has 0 aromatic rings. The van der Waals surface area contributed by atoms with Crippen LogP contribution in [0.3, 0.4) is 0 Å². The summed E-state index contributed by atoms with van der Waals surface area (Å²) in [4.78, 5) is 0. The Kier molecular flexibility index (Phi) is 12.4. The van der Waals surface area contributed by atoms with Gasteiger partial charge in [0.1, 0.15) is 0 Å². The van der Waals surface area contributed by atoms with Gasteiger partial charge in [0, 0.05) is 12.0 Å². The fraction of sp³-hybridized carbons (Fsp3) is 0.875. The minimum absolute atomic E-state index is 0.0335. The summed E-state index contributed by atoms with van der Waals surface area (Å²) < 4.78 is 5.51. The van der Waals surface area contributed by atoms with Crippen LogP contribution in [0.2, 0.25) is 0 Å². The number of unbranched alkanes of at least 4 members (excludes halogenated alkanes) is 7. The molecule has 114 valence electrons. The first-order chi connectivity index (χ1) is 9.18. The Morgan fingerprint density at radius 1 is 0.947 bits per heavy atom. The second-order valence-electron chi connectivity index (χ2n) is 5.73. The maximum absolute atomic E-state index is 9.10. The lowest BCUT2D eigenvalue weighted by atomic mass is 9.94. The zero-order valence-electron chi connectivity index (χ0n) is 12.6. The molecule has 3 nitrogen and oxygen atoms in total. The molecule has 0 saturated carbocycles. The van der Waals surface area contributed by atoms with Gasteiger partial charge in [-0.05, 0) is 19.3 Å². The molecule has 0 spiro atoms. The number of aliphatic hydroxyl groups excluding tert-OH is 2. The lowest BCUT2D eigenvalue weighted by Crippen LogP contribution is -2.31. The van der Waals surface area contributed by atoms with Crippen molar-refractivity contribution < 1.29 is 14.9 Å². The molecule has 19 heavy (non-hydrogen) atoms. The average Bonchev–Trinajstić information content (AvgIpc) is 2.44. The fourth-order valence-corrected chi connectivity index (χ4v) is 1.84. The Hall–Kier alpha value is -0.380. The fourth-order valence-electron chi connectivity index (χ4n) is 1.84. The zero-order valence-corrected chi connectivity index (χ0v) is 12.6. The molecule has 0 bridgehead atoms. The van der Waals surface area contributed by atoms with Crippen LogP contribution < -0.4 is 0 Å². The van der Waals surface area contributed by atoms with Gasteiger partial charge in [0.15, 0.2) is 0 Å². The Morgan fingerprint density at radius 2 is 1.47 bits per heavy atom. The summed E-state index contributed by atoms with van der Waals surface area (Å²) in [6.07, 6.45) is 11.9. The number of hydrogen-bond acceptors (Lipinski definition) is 3. The Bertz CT molecular complexity index is 200. The summed E-state index contributed by atoms with van der Waals surface area (Å²) >= 11 is 0. The van der Waals surface area contributed by atoms with Crippen LogP contribution >= 0.6 is 0 Å². The van der Waals surface area contributed by atoms with Crippen molar-refractivity contribution in [2.24, 2.45) is 5.41 Å². The summed E-state index contributed by atoms with van der Waals surface area (Å²) in [7, 11) is 0. The molecule has 0 heterocycles. The minimum atomic E-state index is -0.495. The number of allylic oxidation sites excluding steroid dienone is 1. The van der Waals surface area contributed by atoms with Gasteiger partial charge in [-0.25, -0.2) is 0 Å². The molecule has 0 aromatic heterocycles. The Balaban J connectivity index is 3.21. The molecule has 0 rings (SSSR count). The number of aliphatic hydroxyl groups is 2. The summed E-state index contributed by atoms with van der Waals surface area (Å²) in [6, 6.07) is 0. The van der Waals surface area contributed by atoms with Gasteiger partial charge >= 0.3 is 0 Å². The predicted octanol–water partition coefficient (Wildman–Crippen LogP) is 3.30. The molecule has 0 aliphatic rings. The summed E-state index contributed by atoms with van der Waals surface area (Å²) in [6.45, 7) is 6.64. The van der Waals surface area contributed by atoms with E-state index in [0.717, 1.165) is 19.4 Å². The zero-order chi connectivity index (χ0) is 14.4. The molecule has 0 atom stereocenters. The monoisotopic (exact) mass is 272 g/mol. The van der Waals surface area contributed by atoms with Crippen LogP contribution in [0.25, 0.3) is 0 Å². The molecule has 0 amide bonds. The van der Waals surface area contributed by atoms with Gasteiger partial charge in [0.05, 0.1) is 19.8 Å². The van der Waals surface area contributed by atoms with Crippen molar-refractivity contribution in [1.29, 1.82) is 0 Å². The number of hydrogen-bond donors (Lipinski definition) is 2. The van der Waals surface area contributed by atoms with Crippen LogP contribution in [0.5, 0.6) is 0 Å². The smallest absolute Gasteiger partial charge is 0.0563 e. The Morgan fingerprint density at radius 3 is 2.00 bits per heavy atom. The quantitative estimate of drug-likeness (QED) is 0.377. The first kappa shape index (κ1) is 18.6. The van der Waals surface area contributed by atoms with Crippen LogP contribution in [0.1, 0.15) is 58.3 Å². The highest BCUT2D eigenvalue weighted by atomic mass is 16.5. The molecule has 0 radical (unpaired) electrons. The summed E-state index contributed by atoms with van der Waals surface area (Å²) in [5.74, 6) is 0. The highest BCUT2D eigenvalue weighted by Crippen LogP contribution is 2.15. The minimum Gasteiger partial charge on any atom is -0.396 e. The predicted molar refractivity (Wildman–Crippen MR) is 80.2 cm³/mol. The van der Waals surface area contributed by atoms with E-state index in [2.05, 4.69) is 6.58 Å². The van der Waals surface area contributed by atoms with Gasteiger partial charge in [-0.2, -0.15) is 0 Å². The van der Waals surface area contributed by atoms with Crippen LogP contribution in [0.4, 0.5) is 0 Å². The third-order valence-electron chi connectivity index (χ3n) is 3.41. The lowest BCUT2D eigenvalue weighted by molar-refractivity contribution is -0.0169. The molecular formula is C16H32O3. The first-order valence-electron chi connectivity index (χ1n) is 7.59. The van der Waals surface area contributed by atoms with E-state index < -0.39 is 5.41 Å². The van der Waals surface area contributed by atoms with Crippen molar-refractivity contribution in [3.05, 3.63) is 12.7 Å². The molecule has 0 fully saturated rings. The molecule has 2 N–H and O–H groups in total. The van der Waals surface area contributed by atoms with Gasteiger partial charge < -0.3 is 14.9 Å². The third kappa shape index (κ3) is 11.2. The average molecular weight is 272 g/mol. The standard InChI is InChI=1S/C16H32O3/c1-3-4-5-6-7-8-9-10-11-12-19-15-16(2,13-17)14-18/h3,17-18H,1,4-15H2,2H3. The SMILES string of the molecule is C=CCCCCCCCCCOCC(C)(CO)CO. The highest BCUT2D eigenvalue weighted by Gasteiger charge is 2.22. The summed E-state index contributed by atoms with van der Waals surface area (Å²) in [5, 5.41) is 18.2. The van der Waals surface area contributed by atoms with Gasteiger partial charge in [-0.15, -0.1) is 6.58 Å². The van der Waals surface area contributed by atoms with E-state index in [1.807, 2.05) is 13.0 Å². The molecule has 3 heteroatoms. The van der Waals surface area contributed by atoms with E-state index in [4.69, 9.17) is 14.9 Å². The molecule has 0 saturated heterocycles. The highest BCUT2D eigenvalue weighted by molar-refractivity contribution is 4.70. The lowest BCUT2D eigenvalue weighted by Gasteiger charge is -2.24. The van der Waals surface area contributed by atoms with Crippen molar-refractivity contribution in [2.75, 3.05) is 26.4 Å². The van der Waals surface area contributed by atoms with E-state index >= 15 is 0 Å². The van der Waals surface area contributed by atoms with Gasteiger partial charge in [0.25, 0.3) is 0 Å². The third-order valence-corrected chi connectivity index (χ3v) is 3.41. The Labute approximate surface area is 118 Å². The van der Waals surface area contributed by atoms with Crippen LogP contribution in [0.15, 0.2) is 12.7 Å². The largest absolute Gasteiger partial charge is 0.396 e. The van der Waals surface area contributed by atoms with Crippen LogP contribution in [-0.4, -0.2) is 36.6 Å². The van der Waals surface area contributed by atoms with Crippen molar-refractivity contribution >= 4 is 0 Å². The topological polar surface area (TPSA) is 49.7 Å². The second-order valence-corrected chi connectivity index (χ2v) is 5.73. The van der Waals surface area contributed by atoms with E-state index in [1.165, 1.54) is 38.5 Å². The maximum Gasteiger partial charge on any atom is 0.0563 e. The molecule has 0 unspecified atom stereocenters. The van der Waals surface area contributed by atoms with Crippen LogP contribution in [-0.2, 0) is 4.74 Å². The molecule has 0 aromatic carbocycles.